The molecule has 5 aromatic rings. The standard InChI is InChI=1S/C51H60N4O7/c1-36(2)32-44(54-49(60)61-35-38-18-10-6-11-19-38)48(59)53-45(33-37-26-29-43(30-27-37)62-50(3,4)5)47(58)52-42(34-56)28-31-46(57)55-51(39-20-12-7-13-21-39,40-22-14-8-15-23-40)41-24-16-9-17-25-41/h6-27,29-30,36,42,44-45,56H,28,31-35H2,1-5H3,(H,52,58)(H,53,59)(H,54,60)(H,55,57)/t42-,44-,45-/m0/s1. The summed E-state index contributed by atoms with van der Waals surface area (Å²) in [5.74, 6) is -0.760. The third-order valence-electron chi connectivity index (χ3n) is 10.2. The number of carbonyl (C=O) groups excluding carboxylic acids is 4. The number of carbonyl (C=O) groups is 4. The van der Waals surface area contributed by atoms with Crippen LogP contribution in [0.4, 0.5) is 4.79 Å². The van der Waals surface area contributed by atoms with Crippen molar-refractivity contribution in [3.8, 4) is 5.75 Å². The molecule has 0 saturated carbocycles. The number of rotatable bonds is 20. The van der Waals surface area contributed by atoms with Crippen molar-refractivity contribution in [2.75, 3.05) is 6.61 Å². The van der Waals surface area contributed by atoms with Crippen molar-refractivity contribution >= 4 is 23.8 Å². The van der Waals surface area contributed by atoms with E-state index in [4.69, 9.17) is 9.47 Å². The van der Waals surface area contributed by atoms with Crippen LogP contribution in [0, 0.1) is 5.92 Å². The molecule has 0 saturated heterocycles. The van der Waals surface area contributed by atoms with Gasteiger partial charge in [0.1, 0.15) is 35.6 Å². The molecule has 0 aliphatic carbocycles. The Kier molecular flexibility index (Phi) is 16.8. The Morgan fingerprint density at radius 1 is 0.613 bits per heavy atom. The molecule has 0 heterocycles. The number of nitrogens with one attached hydrogen (secondary N) is 4. The lowest BCUT2D eigenvalue weighted by molar-refractivity contribution is -0.130. The number of hydrogen-bond donors (Lipinski definition) is 5. The van der Waals surface area contributed by atoms with Crippen molar-refractivity contribution < 1.29 is 33.8 Å². The molecule has 0 aromatic heterocycles. The first-order valence-corrected chi connectivity index (χ1v) is 21.2. The molecular weight excluding hydrogens is 781 g/mol. The number of ether oxygens (including phenoxy) is 2. The third kappa shape index (κ3) is 13.8. The molecule has 0 spiro atoms. The van der Waals surface area contributed by atoms with E-state index in [0.717, 1.165) is 27.8 Å². The van der Waals surface area contributed by atoms with E-state index in [1.54, 1.807) is 12.1 Å². The zero-order chi connectivity index (χ0) is 44.5. The van der Waals surface area contributed by atoms with E-state index in [1.807, 2.05) is 168 Å². The number of hydrogen-bond acceptors (Lipinski definition) is 7. The van der Waals surface area contributed by atoms with E-state index < -0.39 is 53.8 Å². The van der Waals surface area contributed by atoms with Gasteiger partial charge in [-0.2, -0.15) is 0 Å². The van der Waals surface area contributed by atoms with Gasteiger partial charge < -0.3 is 35.8 Å². The van der Waals surface area contributed by atoms with E-state index in [0.29, 0.717) is 5.75 Å². The van der Waals surface area contributed by atoms with E-state index in [-0.39, 0.29) is 44.1 Å². The monoisotopic (exact) mass is 840 g/mol. The predicted octanol–water partition coefficient (Wildman–Crippen LogP) is 7.60. The normalized spacial score (nSPS) is 13.0. The number of aliphatic hydroxyl groups excluding tert-OH is 1. The summed E-state index contributed by atoms with van der Waals surface area (Å²) in [6, 6.07) is 42.7. The maximum Gasteiger partial charge on any atom is 0.408 e. The molecule has 5 rings (SSSR count). The molecule has 11 heteroatoms. The average Bonchev–Trinajstić information content (AvgIpc) is 3.27. The van der Waals surface area contributed by atoms with Crippen molar-refractivity contribution in [2.24, 2.45) is 5.92 Å². The van der Waals surface area contributed by atoms with Crippen molar-refractivity contribution in [2.45, 2.75) is 96.2 Å². The summed E-state index contributed by atoms with van der Waals surface area (Å²) in [7, 11) is 0. The molecule has 0 aliphatic rings. The quantitative estimate of drug-likeness (QED) is 0.0506. The van der Waals surface area contributed by atoms with Crippen LogP contribution in [0.3, 0.4) is 0 Å². The second-order valence-electron chi connectivity index (χ2n) is 16.8. The van der Waals surface area contributed by atoms with Gasteiger partial charge >= 0.3 is 6.09 Å². The van der Waals surface area contributed by atoms with Crippen LogP contribution < -0.4 is 26.0 Å². The molecule has 0 aliphatic heterocycles. The Hall–Kier alpha value is -6.46. The highest BCUT2D eigenvalue weighted by atomic mass is 16.5. The summed E-state index contributed by atoms with van der Waals surface area (Å²) in [6.07, 6.45) is -0.319. The highest BCUT2D eigenvalue weighted by molar-refractivity contribution is 5.91. The molecule has 5 N–H and O–H groups in total. The fraction of sp³-hybridized carbons (Fsp3) is 0.333. The zero-order valence-electron chi connectivity index (χ0n) is 36.3. The summed E-state index contributed by atoms with van der Waals surface area (Å²) in [6.45, 7) is 9.26. The Morgan fingerprint density at radius 3 is 1.60 bits per heavy atom. The van der Waals surface area contributed by atoms with Gasteiger partial charge in [0.2, 0.25) is 17.7 Å². The van der Waals surface area contributed by atoms with Crippen LogP contribution in [0.25, 0.3) is 0 Å². The van der Waals surface area contributed by atoms with Gasteiger partial charge in [-0.3, -0.25) is 14.4 Å². The maximum absolute atomic E-state index is 14.2. The van der Waals surface area contributed by atoms with Gasteiger partial charge in [0, 0.05) is 12.8 Å². The van der Waals surface area contributed by atoms with E-state index in [2.05, 4.69) is 21.3 Å². The molecule has 62 heavy (non-hydrogen) atoms. The van der Waals surface area contributed by atoms with Crippen LogP contribution in [0.1, 0.15) is 81.7 Å². The predicted molar refractivity (Wildman–Crippen MR) is 241 cm³/mol. The molecule has 0 bridgehead atoms. The van der Waals surface area contributed by atoms with E-state index >= 15 is 0 Å². The van der Waals surface area contributed by atoms with Crippen LogP contribution in [0.5, 0.6) is 5.75 Å². The average molecular weight is 841 g/mol. The molecule has 0 radical (unpaired) electrons. The number of aliphatic hydroxyl groups is 1. The van der Waals surface area contributed by atoms with Gasteiger partial charge in [-0.15, -0.1) is 0 Å². The summed E-state index contributed by atoms with van der Waals surface area (Å²) in [4.78, 5) is 55.2. The minimum Gasteiger partial charge on any atom is -0.488 e. The van der Waals surface area contributed by atoms with E-state index in [9.17, 15) is 24.3 Å². The molecule has 4 amide bonds. The van der Waals surface area contributed by atoms with Gasteiger partial charge in [-0.1, -0.05) is 147 Å². The topological polar surface area (TPSA) is 155 Å². The van der Waals surface area contributed by atoms with Crippen LogP contribution in [0.2, 0.25) is 0 Å². The Labute approximate surface area is 365 Å². The van der Waals surface area contributed by atoms with Gasteiger partial charge in [0.05, 0.1) is 12.6 Å². The zero-order valence-corrected chi connectivity index (χ0v) is 36.3. The lowest BCUT2D eigenvalue weighted by Crippen LogP contribution is -2.56. The smallest absolute Gasteiger partial charge is 0.408 e. The Morgan fingerprint density at radius 2 is 1.11 bits per heavy atom. The Balaban J connectivity index is 1.33. The van der Waals surface area contributed by atoms with Crippen molar-refractivity contribution in [1.29, 1.82) is 0 Å². The van der Waals surface area contributed by atoms with Gasteiger partial charge in [-0.05, 0) is 79.5 Å². The summed E-state index contributed by atoms with van der Waals surface area (Å²) >= 11 is 0. The molecule has 0 fully saturated rings. The highest BCUT2D eigenvalue weighted by Crippen LogP contribution is 2.37. The number of alkyl carbamates (subject to hydrolysis) is 1. The lowest BCUT2D eigenvalue weighted by atomic mass is 9.77. The number of amides is 4. The Bertz CT molecular complexity index is 2060. The SMILES string of the molecule is CC(C)C[C@H](NC(=O)OCc1ccccc1)C(=O)N[C@@H](Cc1ccc(OC(C)(C)C)cc1)C(=O)N[C@H](CO)CCC(=O)NC(c1ccccc1)(c1ccccc1)c1ccccc1. The molecule has 11 nitrogen and oxygen atoms in total. The van der Waals surface area contributed by atoms with Crippen LogP contribution in [-0.4, -0.2) is 59.3 Å². The molecule has 0 unspecified atom stereocenters. The first-order chi connectivity index (χ1) is 29.8. The highest BCUT2D eigenvalue weighted by Gasteiger charge is 2.38. The largest absolute Gasteiger partial charge is 0.488 e. The molecular formula is C51H60N4O7. The van der Waals surface area contributed by atoms with Crippen LogP contribution in [-0.2, 0) is 37.7 Å². The number of benzene rings is 5. The second kappa shape index (κ2) is 22.4. The fourth-order valence-corrected chi connectivity index (χ4v) is 7.24. The third-order valence-corrected chi connectivity index (χ3v) is 10.2. The summed E-state index contributed by atoms with van der Waals surface area (Å²) in [5, 5.41) is 22.3. The summed E-state index contributed by atoms with van der Waals surface area (Å²) < 4.78 is 11.4. The first kappa shape index (κ1) is 46.6. The van der Waals surface area contributed by atoms with Gasteiger partial charge in [0.25, 0.3) is 0 Å². The minimum atomic E-state index is -1.11. The van der Waals surface area contributed by atoms with Crippen LogP contribution in [0.15, 0.2) is 146 Å². The molecule has 326 valence electrons. The minimum absolute atomic E-state index is 0.0112. The first-order valence-electron chi connectivity index (χ1n) is 21.2. The van der Waals surface area contributed by atoms with E-state index in [1.165, 1.54) is 0 Å². The fourth-order valence-electron chi connectivity index (χ4n) is 7.24. The summed E-state index contributed by atoms with van der Waals surface area (Å²) in [5.41, 5.74) is 2.68. The van der Waals surface area contributed by atoms with Crippen molar-refractivity contribution in [1.82, 2.24) is 21.3 Å². The van der Waals surface area contributed by atoms with Crippen LogP contribution >= 0.6 is 0 Å². The maximum atomic E-state index is 14.2. The van der Waals surface area contributed by atoms with Gasteiger partial charge in [0.15, 0.2) is 0 Å². The van der Waals surface area contributed by atoms with Crippen molar-refractivity contribution in [3.05, 3.63) is 173 Å². The second-order valence-corrected chi connectivity index (χ2v) is 16.8. The molecule has 3 atom stereocenters. The van der Waals surface area contributed by atoms with Crippen molar-refractivity contribution in [3.63, 3.8) is 0 Å². The van der Waals surface area contributed by atoms with Gasteiger partial charge in [-0.25, -0.2) is 4.79 Å². The molecule has 5 aromatic carbocycles. The lowest BCUT2D eigenvalue weighted by Gasteiger charge is -2.37.